The summed E-state index contributed by atoms with van der Waals surface area (Å²) in [4.78, 5) is 7.08. The zero-order valence-corrected chi connectivity index (χ0v) is 11.2. The van der Waals surface area contributed by atoms with E-state index >= 15 is 0 Å². The van der Waals surface area contributed by atoms with Crippen LogP contribution in [-0.4, -0.2) is 35.6 Å². The Morgan fingerprint density at radius 1 is 1.61 bits per heavy atom. The second kappa shape index (κ2) is 5.22. The SMILES string of the molecule is C[C@@H]1CN(Cc2csc(-c3ccco3)n2)CCN1. The molecule has 1 fully saturated rings. The predicted molar refractivity (Wildman–Crippen MR) is 72.6 cm³/mol. The van der Waals surface area contributed by atoms with Crippen molar-refractivity contribution in [2.45, 2.75) is 19.5 Å². The van der Waals surface area contributed by atoms with E-state index in [0.29, 0.717) is 6.04 Å². The van der Waals surface area contributed by atoms with E-state index in [4.69, 9.17) is 4.42 Å². The van der Waals surface area contributed by atoms with Crippen LogP contribution in [0.1, 0.15) is 12.6 Å². The number of nitrogens with one attached hydrogen (secondary N) is 1. The lowest BCUT2D eigenvalue weighted by Crippen LogP contribution is -2.48. The van der Waals surface area contributed by atoms with Crippen LogP contribution in [0.5, 0.6) is 0 Å². The van der Waals surface area contributed by atoms with Gasteiger partial charge in [0.1, 0.15) is 0 Å². The highest BCUT2D eigenvalue weighted by atomic mass is 32.1. The summed E-state index contributed by atoms with van der Waals surface area (Å²) >= 11 is 1.65. The molecule has 0 radical (unpaired) electrons. The molecule has 0 unspecified atom stereocenters. The predicted octanol–water partition coefficient (Wildman–Crippen LogP) is 2.20. The van der Waals surface area contributed by atoms with Gasteiger partial charge < -0.3 is 9.73 Å². The summed E-state index contributed by atoms with van der Waals surface area (Å²) in [5.74, 6) is 0.861. The van der Waals surface area contributed by atoms with Gasteiger partial charge in [0.25, 0.3) is 0 Å². The van der Waals surface area contributed by atoms with E-state index in [-0.39, 0.29) is 0 Å². The third-order valence-corrected chi connectivity index (χ3v) is 4.03. The Bertz CT molecular complexity index is 494. The fourth-order valence-corrected chi connectivity index (χ4v) is 3.06. The number of aromatic nitrogens is 1. The van der Waals surface area contributed by atoms with Gasteiger partial charge in [-0.15, -0.1) is 11.3 Å². The van der Waals surface area contributed by atoms with E-state index in [9.17, 15) is 0 Å². The molecule has 2 aromatic rings. The van der Waals surface area contributed by atoms with Gasteiger partial charge in [-0.1, -0.05) is 0 Å². The molecule has 0 spiro atoms. The van der Waals surface area contributed by atoms with Crippen LogP contribution in [-0.2, 0) is 6.54 Å². The molecule has 5 heteroatoms. The summed E-state index contributed by atoms with van der Waals surface area (Å²) in [6.07, 6.45) is 1.69. The molecule has 4 nitrogen and oxygen atoms in total. The van der Waals surface area contributed by atoms with E-state index in [1.165, 1.54) is 0 Å². The van der Waals surface area contributed by atoms with E-state index in [2.05, 4.69) is 27.5 Å². The van der Waals surface area contributed by atoms with Gasteiger partial charge in [0.05, 0.1) is 12.0 Å². The van der Waals surface area contributed by atoms with Gasteiger partial charge in [-0.25, -0.2) is 4.98 Å². The van der Waals surface area contributed by atoms with Crippen molar-refractivity contribution in [1.82, 2.24) is 15.2 Å². The first-order valence-corrected chi connectivity index (χ1v) is 7.13. The van der Waals surface area contributed by atoms with Crippen LogP contribution in [0.25, 0.3) is 10.8 Å². The van der Waals surface area contributed by atoms with Crippen molar-refractivity contribution in [3.63, 3.8) is 0 Å². The maximum Gasteiger partial charge on any atom is 0.162 e. The maximum atomic E-state index is 5.36. The molecule has 3 heterocycles. The van der Waals surface area contributed by atoms with Crippen LogP contribution < -0.4 is 5.32 Å². The standard InChI is InChI=1S/C13H17N3OS/c1-10-7-16(5-4-14-10)8-11-9-18-13(15-11)12-3-2-6-17-12/h2-3,6,9-10,14H,4-5,7-8H2,1H3/t10-/m1/s1. The molecule has 0 amide bonds. The monoisotopic (exact) mass is 263 g/mol. The van der Waals surface area contributed by atoms with Crippen LogP contribution in [0.15, 0.2) is 28.2 Å². The highest BCUT2D eigenvalue weighted by Crippen LogP contribution is 2.24. The molecule has 1 N–H and O–H groups in total. The minimum atomic E-state index is 0.571. The molecule has 0 aromatic carbocycles. The molecule has 1 aliphatic rings. The number of hydrogen-bond donors (Lipinski definition) is 1. The molecule has 18 heavy (non-hydrogen) atoms. The Balaban J connectivity index is 1.66. The van der Waals surface area contributed by atoms with Crippen molar-refractivity contribution in [2.75, 3.05) is 19.6 Å². The van der Waals surface area contributed by atoms with Crippen molar-refractivity contribution >= 4 is 11.3 Å². The van der Waals surface area contributed by atoms with Gasteiger partial charge in [0.15, 0.2) is 10.8 Å². The van der Waals surface area contributed by atoms with Crippen LogP contribution in [0.3, 0.4) is 0 Å². The van der Waals surface area contributed by atoms with Crippen molar-refractivity contribution in [2.24, 2.45) is 0 Å². The number of rotatable bonds is 3. The molecule has 2 aromatic heterocycles. The van der Waals surface area contributed by atoms with E-state index in [1.807, 2.05) is 12.1 Å². The average molecular weight is 263 g/mol. The fourth-order valence-electron chi connectivity index (χ4n) is 2.28. The quantitative estimate of drug-likeness (QED) is 0.921. The summed E-state index contributed by atoms with van der Waals surface area (Å²) in [6.45, 7) is 6.41. The van der Waals surface area contributed by atoms with Crippen molar-refractivity contribution in [3.8, 4) is 10.8 Å². The second-order valence-corrected chi connectivity index (χ2v) is 5.57. The largest absolute Gasteiger partial charge is 0.462 e. The minimum Gasteiger partial charge on any atom is -0.462 e. The molecular formula is C13H17N3OS. The zero-order valence-electron chi connectivity index (χ0n) is 10.4. The lowest BCUT2D eigenvalue weighted by Gasteiger charge is -2.31. The molecule has 1 atom stereocenters. The first kappa shape index (κ1) is 11.9. The Kier molecular flexibility index (Phi) is 3.45. The van der Waals surface area contributed by atoms with Gasteiger partial charge in [-0.05, 0) is 19.1 Å². The first-order valence-electron chi connectivity index (χ1n) is 6.25. The highest BCUT2D eigenvalue weighted by Gasteiger charge is 2.17. The number of hydrogen-bond acceptors (Lipinski definition) is 5. The Labute approximate surface area is 111 Å². The third kappa shape index (κ3) is 2.63. The number of furan rings is 1. The Morgan fingerprint density at radius 2 is 2.56 bits per heavy atom. The molecule has 96 valence electrons. The van der Waals surface area contributed by atoms with Crippen LogP contribution in [0.4, 0.5) is 0 Å². The minimum absolute atomic E-state index is 0.571. The van der Waals surface area contributed by atoms with Gasteiger partial charge in [0, 0.05) is 37.6 Å². The number of thiazole rings is 1. The molecule has 0 saturated carbocycles. The topological polar surface area (TPSA) is 41.3 Å². The lowest BCUT2D eigenvalue weighted by atomic mass is 10.2. The molecule has 0 aliphatic carbocycles. The average Bonchev–Trinajstić information content (AvgIpc) is 2.98. The van der Waals surface area contributed by atoms with Crippen molar-refractivity contribution in [1.29, 1.82) is 0 Å². The lowest BCUT2D eigenvalue weighted by molar-refractivity contribution is 0.198. The van der Waals surface area contributed by atoms with Crippen LogP contribution in [0, 0.1) is 0 Å². The zero-order chi connectivity index (χ0) is 12.4. The second-order valence-electron chi connectivity index (χ2n) is 4.71. The van der Waals surface area contributed by atoms with E-state index < -0.39 is 0 Å². The Morgan fingerprint density at radius 3 is 3.33 bits per heavy atom. The van der Waals surface area contributed by atoms with Crippen LogP contribution in [0.2, 0.25) is 0 Å². The molecular weight excluding hydrogens is 246 g/mol. The highest BCUT2D eigenvalue weighted by molar-refractivity contribution is 7.13. The van der Waals surface area contributed by atoms with Gasteiger partial charge >= 0.3 is 0 Å². The van der Waals surface area contributed by atoms with Gasteiger partial charge in [-0.3, -0.25) is 4.90 Å². The van der Waals surface area contributed by atoms with Crippen molar-refractivity contribution < 1.29 is 4.42 Å². The van der Waals surface area contributed by atoms with E-state index in [1.54, 1.807) is 17.6 Å². The first-order chi connectivity index (χ1) is 8.81. The summed E-state index contributed by atoms with van der Waals surface area (Å²) in [7, 11) is 0. The molecule has 3 rings (SSSR count). The van der Waals surface area contributed by atoms with Gasteiger partial charge in [0.2, 0.25) is 0 Å². The van der Waals surface area contributed by atoms with Crippen LogP contribution >= 0.6 is 11.3 Å². The summed E-state index contributed by atoms with van der Waals surface area (Å²) in [6, 6.07) is 4.42. The smallest absolute Gasteiger partial charge is 0.162 e. The maximum absolute atomic E-state index is 5.36. The number of nitrogens with zero attached hydrogens (tertiary/aromatic N) is 2. The normalized spacial score (nSPS) is 21.3. The third-order valence-electron chi connectivity index (χ3n) is 3.12. The Hall–Kier alpha value is -1.17. The van der Waals surface area contributed by atoms with Crippen molar-refractivity contribution in [3.05, 3.63) is 29.5 Å². The molecule has 1 aliphatic heterocycles. The number of piperazine rings is 1. The fraction of sp³-hybridized carbons (Fsp3) is 0.462. The van der Waals surface area contributed by atoms with Gasteiger partial charge in [-0.2, -0.15) is 0 Å². The summed E-state index contributed by atoms with van der Waals surface area (Å²) in [5, 5.41) is 6.55. The summed E-state index contributed by atoms with van der Waals surface area (Å²) < 4.78 is 5.36. The summed E-state index contributed by atoms with van der Waals surface area (Å²) in [5.41, 5.74) is 1.14. The molecule has 0 bridgehead atoms. The van der Waals surface area contributed by atoms with E-state index in [0.717, 1.165) is 42.6 Å². The molecule has 1 saturated heterocycles.